The van der Waals surface area contributed by atoms with Gasteiger partial charge in [-0.05, 0) is 24.3 Å². The Bertz CT molecular complexity index is 618. The molecule has 0 bridgehead atoms. The lowest BCUT2D eigenvalue weighted by Crippen LogP contribution is -2.54. The Balaban J connectivity index is 1.44. The maximum absolute atomic E-state index is 12.6. The van der Waals surface area contributed by atoms with Crippen molar-refractivity contribution < 1.29 is 14.3 Å². The van der Waals surface area contributed by atoms with Crippen molar-refractivity contribution in [2.45, 2.75) is 6.92 Å². The molecule has 2 aliphatic heterocycles. The summed E-state index contributed by atoms with van der Waals surface area (Å²) < 4.78 is 5.20. The van der Waals surface area contributed by atoms with Crippen LogP contribution in [0.4, 0.5) is 5.69 Å². The summed E-state index contributed by atoms with van der Waals surface area (Å²) in [5.41, 5.74) is 1.17. The zero-order chi connectivity index (χ0) is 18.5. The Morgan fingerprint density at radius 1 is 0.885 bits per heavy atom. The number of hydrogen-bond donors (Lipinski definition) is 0. The topological polar surface area (TPSA) is 56.3 Å². The van der Waals surface area contributed by atoms with Gasteiger partial charge in [-0.25, -0.2) is 0 Å². The second-order valence-corrected chi connectivity index (χ2v) is 6.85. The summed E-state index contributed by atoms with van der Waals surface area (Å²) in [4.78, 5) is 32.2. The third kappa shape index (κ3) is 4.46. The van der Waals surface area contributed by atoms with Crippen LogP contribution in [-0.2, 0) is 9.59 Å². The number of benzene rings is 1. The van der Waals surface area contributed by atoms with E-state index in [9.17, 15) is 9.59 Å². The van der Waals surface area contributed by atoms with Gasteiger partial charge in [0.05, 0.1) is 13.7 Å². The molecule has 2 amide bonds. The van der Waals surface area contributed by atoms with E-state index in [-0.39, 0.29) is 11.8 Å². The van der Waals surface area contributed by atoms with Gasteiger partial charge in [0.2, 0.25) is 11.8 Å². The van der Waals surface area contributed by atoms with Crippen LogP contribution in [0.25, 0.3) is 0 Å². The van der Waals surface area contributed by atoms with E-state index >= 15 is 0 Å². The largest absolute Gasteiger partial charge is 0.497 e. The average Bonchev–Trinajstić information content (AvgIpc) is 2.68. The molecule has 1 aromatic carbocycles. The Morgan fingerprint density at radius 3 is 2.00 bits per heavy atom. The minimum Gasteiger partial charge on any atom is -0.497 e. The lowest BCUT2D eigenvalue weighted by Gasteiger charge is -2.38. The molecule has 2 fully saturated rings. The number of anilines is 1. The summed E-state index contributed by atoms with van der Waals surface area (Å²) in [6, 6.07) is 8.05. The van der Waals surface area contributed by atoms with Crippen molar-refractivity contribution in [3.05, 3.63) is 24.3 Å². The number of methoxy groups -OCH3 is 1. The molecule has 7 nitrogen and oxygen atoms in total. The maximum atomic E-state index is 12.6. The van der Waals surface area contributed by atoms with Crippen molar-refractivity contribution in [2.75, 3.05) is 70.9 Å². The fourth-order valence-electron chi connectivity index (χ4n) is 3.52. The molecule has 7 heteroatoms. The van der Waals surface area contributed by atoms with Crippen LogP contribution >= 0.6 is 0 Å². The third-order valence-corrected chi connectivity index (χ3v) is 5.25. The van der Waals surface area contributed by atoms with Crippen molar-refractivity contribution in [3.63, 3.8) is 0 Å². The van der Waals surface area contributed by atoms with E-state index in [2.05, 4.69) is 21.9 Å². The van der Waals surface area contributed by atoms with Gasteiger partial charge in [0.15, 0.2) is 0 Å². The Hall–Kier alpha value is -2.28. The van der Waals surface area contributed by atoms with Gasteiger partial charge in [-0.15, -0.1) is 0 Å². The first-order valence-electron chi connectivity index (χ1n) is 9.21. The fourth-order valence-corrected chi connectivity index (χ4v) is 3.52. The molecule has 0 aromatic heterocycles. The number of hydrogen-bond acceptors (Lipinski definition) is 5. The second kappa shape index (κ2) is 8.40. The van der Waals surface area contributed by atoms with Gasteiger partial charge in [-0.2, -0.15) is 0 Å². The molecule has 0 atom stereocenters. The molecular weight excluding hydrogens is 332 g/mol. The monoisotopic (exact) mass is 360 g/mol. The van der Waals surface area contributed by atoms with Crippen LogP contribution in [-0.4, -0.2) is 92.5 Å². The molecule has 142 valence electrons. The van der Waals surface area contributed by atoms with Crippen LogP contribution in [0.15, 0.2) is 24.3 Å². The quantitative estimate of drug-likeness (QED) is 0.783. The molecule has 0 aliphatic carbocycles. The van der Waals surface area contributed by atoms with Gasteiger partial charge in [-0.3, -0.25) is 14.5 Å². The molecule has 0 N–H and O–H groups in total. The number of piperazine rings is 2. The first kappa shape index (κ1) is 18.5. The molecule has 0 saturated carbocycles. The molecule has 26 heavy (non-hydrogen) atoms. The first-order chi connectivity index (χ1) is 12.6. The van der Waals surface area contributed by atoms with E-state index in [1.807, 2.05) is 21.9 Å². The molecular formula is C19H28N4O3. The SMILES string of the molecule is COc1ccc(N2CCN(C(=O)CN3CCN(C(C)=O)CC3)CC2)cc1. The Labute approximate surface area is 155 Å². The van der Waals surface area contributed by atoms with Crippen LogP contribution in [0.1, 0.15) is 6.92 Å². The predicted octanol–water partition coefficient (Wildman–Crippen LogP) is 0.508. The Kier molecular flexibility index (Phi) is 5.98. The summed E-state index contributed by atoms with van der Waals surface area (Å²) in [6.07, 6.45) is 0. The standard InChI is InChI=1S/C19H28N4O3/c1-16(24)21-9-7-20(8-10-21)15-19(25)23-13-11-22(12-14-23)17-3-5-18(26-2)6-4-17/h3-6H,7-15H2,1-2H3. The van der Waals surface area contributed by atoms with E-state index in [4.69, 9.17) is 4.74 Å². The summed E-state index contributed by atoms with van der Waals surface area (Å²) in [7, 11) is 1.67. The van der Waals surface area contributed by atoms with Crippen LogP contribution in [0.2, 0.25) is 0 Å². The van der Waals surface area contributed by atoms with Crippen molar-refractivity contribution >= 4 is 17.5 Å². The van der Waals surface area contributed by atoms with E-state index in [1.54, 1.807) is 14.0 Å². The fraction of sp³-hybridized carbons (Fsp3) is 0.579. The highest BCUT2D eigenvalue weighted by Crippen LogP contribution is 2.20. The van der Waals surface area contributed by atoms with Crippen molar-refractivity contribution in [1.82, 2.24) is 14.7 Å². The molecule has 0 radical (unpaired) electrons. The van der Waals surface area contributed by atoms with E-state index in [1.165, 1.54) is 5.69 Å². The summed E-state index contributed by atoms with van der Waals surface area (Å²) in [5.74, 6) is 1.16. The number of carbonyl (C=O) groups excluding carboxylic acids is 2. The predicted molar refractivity (Wildman–Crippen MR) is 100 cm³/mol. The molecule has 0 unspecified atom stereocenters. The zero-order valence-corrected chi connectivity index (χ0v) is 15.7. The van der Waals surface area contributed by atoms with Crippen LogP contribution < -0.4 is 9.64 Å². The average molecular weight is 360 g/mol. The van der Waals surface area contributed by atoms with Gasteiger partial charge in [0.1, 0.15) is 5.75 Å². The molecule has 2 heterocycles. The molecule has 2 saturated heterocycles. The normalized spacial score (nSPS) is 18.8. The van der Waals surface area contributed by atoms with Crippen LogP contribution in [0, 0.1) is 0 Å². The highest BCUT2D eigenvalue weighted by Gasteiger charge is 2.25. The molecule has 0 spiro atoms. The number of ether oxygens (including phenoxy) is 1. The highest BCUT2D eigenvalue weighted by atomic mass is 16.5. The lowest BCUT2D eigenvalue weighted by atomic mass is 10.2. The van der Waals surface area contributed by atoms with Gasteiger partial charge in [0.25, 0.3) is 0 Å². The van der Waals surface area contributed by atoms with E-state index in [0.717, 1.165) is 45.0 Å². The smallest absolute Gasteiger partial charge is 0.236 e. The summed E-state index contributed by atoms with van der Waals surface area (Å²) >= 11 is 0. The second-order valence-electron chi connectivity index (χ2n) is 6.85. The first-order valence-corrected chi connectivity index (χ1v) is 9.21. The van der Waals surface area contributed by atoms with Gasteiger partial charge < -0.3 is 19.4 Å². The summed E-state index contributed by atoms with van der Waals surface area (Å²) in [6.45, 7) is 8.22. The summed E-state index contributed by atoms with van der Waals surface area (Å²) in [5, 5.41) is 0. The van der Waals surface area contributed by atoms with E-state index < -0.39 is 0 Å². The highest BCUT2D eigenvalue weighted by molar-refractivity contribution is 5.78. The number of amides is 2. The lowest BCUT2D eigenvalue weighted by molar-refractivity contribution is -0.134. The third-order valence-electron chi connectivity index (χ3n) is 5.25. The van der Waals surface area contributed by atoms with Gasteiger partial charge in [0, 0.05) is 65.0 Å². The molecule has 1 aromatic rings. The number of carbonyl (C=O) groups is 2. The van der Waals surface area contributed by atoms with Gasteiger partial charge in [-0.1, -0.05) is 0 Å². The van der Waals surface area contributed by atoms with Crippen molar-refractivity contribution in [3.8, 4) is 5.75 Å². The Morgan fingerprint density at radius 2 is 1.46 bits per heavy atom. The minimum atomic E-state index is 0.116. The number of nitrogens with zero attached hydrogens (tertiary/aromatic N) is 4. The molecule has 2 aliphatic rings. The van der Waals surface area contributed by atoms with E-state index in [0.29, 0.717) is 19.6 Å². The van der Waals surface area contributed by atoms with Crippen LogP contribution in [0.3, 0.4) is 0 Å². The van der Waals surface area contributed by atoms with Crippen molar-refractivity contribution in [1.29, 1.82) is 0 Å². The maximum Gasteiger partial charge on any atom is 0.236 e. The number of rotatable bonds is 4. The minimum absolute atomic E-state index is 0.116. The molecule has 3 rings (SSSR count). The van der Waals surface area contributed by atoms with Gasteiger partial charge >= 0.3 is 0 Å². The van der Waals surface area contributed by atoms with Crippen molar-refractivity contribution in [2.24, 2.45) is 0 Å². The zero-order valence-electron chi connectivity index (χ0n) is 15.7. The van der Waals surface area contributed by atoms with Crippen LogP contribution in [0.5, 0.6) is 5.75 Å².